The van der Waals surface area contributed by atoms with Crippen molar-refractivity contribution in [2.75, 3.05) is 12.4 Å². The second-order valence-corrected chi connectivity index (χ2v) is 4.79. The number of hydrogen-bond acceptors (Lipinski definition) is 9. The first-order valence-corrected chi connectivity index (χ1v) is 6.84. The molecule has 1 aromatic rings. The van der Waals surface area contributed by atoms with E-state index >= 15 is 0 Å². The number of hydrazone groups is 1. The van der Waals surface area contributed by atoms with Gasteiger partial charge in [-0.1, -0.05) is 0 Å². The van der Waals surface area contributed by atoms with Crippen LogP contribution in [0, 0.1) is 20.2 Å². The lowest BCUT2D eigenvalue weighted by Crippen LogP contribution is -2.44. The lowest BCUT2D eigenvalue weighted by Gasteiger charge is -2.12. The molecule has 14 nitrogen and oxygen atoms in total. The van der Waals surface area contributed by atoms with Crippen LogP contribution in [0.5, 0.6) is 0 Å². The number of non-ortho nitro benzene ring substituents is 1. The number of anilines is 1. The van der Waals surface area contributed by atoms with Crippen molar-refractivity contribution in [1.82, 2.24) is 16.1 Å². The summed E-state index contributed by atoms with van der Waals surface area (Å²) in [5.41, 5.74) is 0.198. The molecule has 1 fully saturated rings. The first-order chi connectivity index (χ1) is 12.2. The molecule has 2 rings (SSSR count). The molecule has 0 radical (unpaired) electrons. The molecule has 4 N–H and O–H groups in total. The van der Waals surface area contributed by atoms with Gasteiger partial charge in [-0.05, 0) is 6.07 Å². The van der Waals surface area contributed by atoms with E-state index in [0.717, 1.165) is 12.1 Å². The van der Waals surface area contributed by atoms with Gasteiger partial charge in [-0.25, -0.2) is 4.79 Å². The predicted molar refractivity (Wildman–Crippen MR) is 85.3 cm³/mol. The van der Waals surface area contributed by atoms with Gasteiger partial charge in [0.1, 0.15) is 5.69 Å². The summed E-state index contributed by atoms with van der Waals surface area (Å²) in [5.74, 6) is -1.86. The zero-order valence-corrected chi connectivity index (χ0v) is 13.0. The first-order valence-electron chi connectivity index (χ1n) is 6.84. The molecule has 26 heavy (non-hydrogen) atoms. The van der Waals surface area contributed by atoms with Crippen molar-refractivity contribution in [1.29, 1.82) is 0 Å². The summed E-state index contributed by atoms with van der Waals surface area (Å²) in [6.45, 7) is 0. The number of carbonyl (C=O) groups is 3. The van der Waals surface area contributed by atoms with E-state index in [0.29, 0.717) is 6.07 Å². The highest BCUT2D eigenvalue weighted by atomic mass is 16.6. The Labute approximate surface area is 143 Å². The average molecular weight is 365 g/mol. The molecule has 1 aliphatic rings. The van der Waals surface area contributed by atoms with Gasteiger partial charge in [0, 0.05) is 13.1 Å². The number of rotatable bonds is 6. The second-order valence-electron chi connectivity index (χ2n) is 4.79. The number of nitro benzene ring substituents is 2. The number of nitrogens with zero attached hydrogens (tertiary/aromatic N) is 3. The van der Waals surface area contributed by atoms with E-state index in [1.165, 1.54) is 7.05 Å². The van der Waals surface area contributed by atoms with Crippen LogP contribution in [0.1, 0.15) is 0 Å². The molecule has 136 valence electrons. The molecule has 1 heterocycles. The number of amides is 4. The maximum atomic E-state index is 12.4. The number of urea groups is 1. The van der Waals surface area contributed by atoms with E-state index in [9.17, 15) is 34.6 Å². The van der Waals surface area contributed by atoms with E-state index in [1.807, 2.05) is 5.32 Å². The van der Waals surface area contributed by atoms with Crippen molar-refractivity contribution >= 4 is 40.6 Å². The molecule has 0 bridgehead atoms. The Hall–Kier alpha value is -4.10. The van der Waals surface area contributed by atoms with E-state index in [4.69, 9.17) is 0 Å². The van der Waals surface area contributed by atoms with Crippen molar-refractivity contribution in [3.63, 3.8) is 0 Å². The minimum absolute atomic E-state index is 0.348. The van der Waals surface area contributed by atoms with Gasteiger partial charge in [0.2, 0.25) is 0 Å². The van der Waals surface area contributed by atoms with Crippen LogP contribution in [-0.2, 0) is 9.59 Å². The van der Waals surface area contributed by atoms with Crippen LogP contribution in [0.25, 0.3) is 0 Å². The number of benzene rings is 1. The Bertz CT molecular complexity index is 850. The largest absolute Gasteiger partial charge is 0.322 e. The lowest BCUT2D eigenvalue weighted by atomic mass is 10.1. The lowest BCUT2D eigenvalue weighted by molar-refractivity contribution is -0.393. The van der Waals surface area contributed by atoms with Gasteiger partial charge in [0.15, 0.2) is 11.8 Å². The van der Waals surface area contributed by atoms with Gasteiger partial charge >= 0.3 is 6.03 Å². The van der Waals surface area contributed by atoms with E-state index in [1.54, 1.807) is 0 Å². The van der Waals surface area contributed by atoms with Gasteiger partial charge in [0.05, 0.1) is 15.9 Å². The van der Waals surface area contributed by atoms with Crippen molar-refractivity contribution in [2.45, 2.75) is 6.04 Å². The SMILES string of the molecule is CN/N=C(\C(=O)Nc1ccc([N+](=O)[O-])cc1[N+](=O)[O-])[C@H]1NC(=O)NC1=O. The molecule has 0 unspecified atom stereocenters. The normalized spacial score (nSPS) is 16.5. The molecule has 0 saturated carbocycles. The summed E-state index contributed by atoms with van der Waals surface area (Å²) in [7, 11) is 1.33. The molecule has 1 atom stereocenters. The third-order valence-corrected chi connectivity index (χ3v) is 3.15. The predicted octanol–water partition coefficient (Wildman–Crippen LogP) is -0.775. The third kappa shape index (κ3) is 3.69. The minimum atomic E-state index is -1.41. The van der Waals surface area contributed by atoms with Crippen LogP contribution in [0.2, 0.25) is 0 Å². The third-order valence-electron chi connectivity index (χ3n) is 3.15. The van der Waals surface area contributed by atoms with Crippen molar-refractivity contribution < 1.29 is 24.2 Å². The summed E-state index contributed by atoms with van der Waals surface area (Å²) in [6, 6.07) is 0.360. The van der Waals surface area contributed by atoms with Gasteiger partial charge < -0.3 is 16.1 Å². The molecule has 0 aromatic heterocycles. The Morgan fingerprint density at radius 1 is 1.23 bits per heavy atom. The summed E-state index contributed by atoms with van der Waals surface area (Å²) in [5, 5.41) is 31.7. The molecule has 1 aliphatic heterocycles. The Morgan fingerprint density at radius 2 is 1.92 bits per heavy atom. The highest BCUT2D eigenvalue weighted by molar-refractivity contribution is 6.49. The van der Waals surface area contributed by atoms with Gasteiger partial charge in [-0.15, -0.1) is 0 Å². The fourth-order valence-electron chi connectivity index (χ4n) is 2.05. The second kappa shape index (κ2) is 7.20. The zero-order valence-electron chi connectivity index (χ0n) is 13.0. The van der Waals surface area contributed by atoms with Gasteiger partial charge in [0.25, 0.3) is 23.2 Å². The van der Waals surface area contributed by atoms with Crippen molar-refractivity contribution in [2.24, 2.45) is 5.10 Å². The number of carbonyl (C=O) groups excluding carboxylic acids is 3. The maximum Gasteiger partial charge on any atom is 0.322 e. The molecule has 14 heteroatoms. The monoisotopic (exact) mass is 365 g/mol. The highest BCUT2D eigenvalue weighted by Crippen LogP contribution is 2.29. The topological polar surface area (TPSA) is 198 Å². The smallest absolute Gasteiger partial charge is 0.320 e. The molecular formula is C12H11N7O7. The minimum Gasteiger partial charge on any atom is -0.320 e. The van der Waals surface area contributed by atoms with Crippen LogP contribution in [0.15, 0.2) is 23.3 Å². The van der Waals surface area contributed by atoms with Gasteiger partial charge in [-0.3, -0.25) is 35.1 Å². The number of hydrogen-bond donors (Lipinski definition) is 4. The van der Waals surface area contributed by atoms with Crippen molar-refractivity contribution in [3.05, 3.63) is 38.4 Å². The molecule has 0 spiro atoms. The summed E-state index contributed by atoms with van der Waals surface area (Å²) in [6.07, 6.45) is 0. The quantitative estimate of drug-likeness (QED) is 0.218. The zero-order chi connectivity index (χ0) is 19.4. The molecule has 0 aliphatic carbocycles. The molecule has 1 saturated heterocycles. The van der Waals surface area contributed by atoms with Crippen LogP contribution in [0.4, 0.5) is 21.9 Å². The Morgan fingerprint density at radius 3 is 2.42 bits per heavy atom. The Kier molecular flexibility index (Phi) is 5.05. The number of nitrogens with one attached hydrogen (secondary N) is 4. The molecule has 1 aromatic carbocycles. The van der Waals surface area contributed by atoms with Crippen LogP contribution in [-0.4, -0.2) is 46.5 Å². The molecule has 4 amide bonds. The number of imide groups is 1. The van der Waals surface area contributed by atoms with Crippen LogP contribution < -0.4 is 21.4 Å². The fraction of sp³-hybridized carbons (Fsp3) is 0.167. The van der Waals surface area contributed by atoms with Gasteiger partial charge in [-0.2, -0.15) is 5.10 Å². The first kappa shape index (κ1) is 18.2. The number of nitro groups is 2. The van der Waals surface area contributed by atoms with Crippen LogP contribution in [0.3, 0.4) is 0 Å². The van der Waals surface area contributed by atoms with Crippen molar-refractivity contribution in [3.8, 4) is 0 Å². The average Bonchev–Trinajstić information content (AvgIpc) is 2.90. The Balaban J connectivity index is 2.34. The van der Waals surface area contributed by atoms with Crippen LogP contribution >= 0.6 is 0 Å². The van der Waals surface area contributed by atoms with E-state index in [2.05, 4.69) is 21.2 Å². The maximum absolute atomic E-state index is 12.4. The fourth-order valence-corrected chi connectivity index (χ4v) is 2.05. The summed E-state index contributed by atoms with van der Waals surface area (Å²) in [4.78, 5) is 55.3. The summed E-state index contributed by atoms with van der Waals surface area (Å²) >= 11 is 0. The molecular weight excluding hydrogens is 354 g/mol. The highest BCUT2D eigenvalue weighted by Gasteiger charge is 2.38. The van der Waals surface area contributed by atoms with E-state index < -0.39 is 50.8 Å². The standard InChI is InChI=1S/C12H11N7O7/c1-13-17-9(8-10(20)16-12(22)15-8)11(21)14-6-3-2-5(18(23)24)4-7(6)19(25)26/h2-4,8,13H,1H3,(H,14,21)(H2,15,16,20,22)/b17-9-/t8-/m1/s1. The summed E-state index contributed by atoms with van der Waals surface area (Å²) < 4.78 is 0. The van der Waals surface area contributed by atoms with E-state index in [-0.39, 0.29) is 5.69 Å².